The lowest BCUT2D eigenvalue weighted by molar-refractivity contribution is 0.116. The first-order chi connectivity index (χ1) is 12.8. The maximum Gasteiger partial charge on any atom is 0.314 e. The van der Waals surface area contributed by atoms with Crippen LogP contribution in [-0.4, -0.2) is 34.3 Å². The molecule has 0 radical (unpaired) electrons. The first-order valence-electron chi connectivity index (χ1n) is 7.47. The molecule has 0 spiro atoms. The molecule has 3 aromatic heterocycles. The minimum atomic E-state index is -3.63. The van der Waals surface area contributed by atoms with E-state index >= 15 is 0 Å². The molecule has 3 heterocycles. The molecule has 0 unspecified atom stereocenters. The van der Waals surface area contributed by atoms with Gasteiger partial charge in [-0.1, -0.05) is 11.6 Å². The zero-order chi connectivity index (χ0) is 19.6. The van der Waals surface area contributed by atoms with Crippen LogP contribution in [0.4, 0.5) is 14.5 Å². The molecule has 0 atom stereocenters. The fourth-order valence-electron chi connectivity index (χ4n) is 2.07. The Morgan fingerprint density at radius 2 is 2.07 bits per heavy atom. The van der Waals surface area contributed by atoms with Gasteiger partial charge in [-0.15, -0.1) is 21.5 Å². The highest BCUT2D eigenvalue weighted by atomic mass is 35.5. The van der Waals surface area contributed by atoms with E-state index in [2.05, 4.69) is 20.2 Å². The van der Waals surface area contributed by atoms with Crippen LogP contribution in [-0.2, 0) is 16.6 Å². The first kappa shape index (κ1) is 19.6. The standard InChI is InChI=1S/C14H12ClF2N5O3S2/c1-2-27(23,24)22(9-3-8(15)4-18-5-9)7-10-6-19-14(26-10)13-21-20-12(25-13)11(16)17/h3-6,11H,2,7H2,1H3. The number of nitrogens with zero attached hydrogens (tertiary/aromatic N) is 5. The van der Waals surface area contributed by atoms with Gasteiger partial charge in [0.25, 0.3) is 11.8 Å². The van der Waals surface area contributed by atoms with Crippen molar-refractivity contribution in [1.82, 2.24) is 20.2 Å². The third-order valence-electron chi connectivity index (χ3n) is 3.34. The van der Waals surface area contributed by atoms with E-state index in [1.165, 1.54) is 31.6 Å². The number of sulfonamides is 1. The van der Waals surface area contributed by atoms with Gasteiger partial charge >= 0.3 is 6.43 Å². The van der Waals surface area contributed by atoms with Crippen LogP contribution in [0.3, 0.4) is 0 Å². The van der Waals surface area contributed by atoms with Gasteiger partial charge in [-0.2, -0.15) is 8.78 Å². The monoisotopic (exact) mass is 435 g/mol. The lowest BCUT2D eigenvalue weighted by Gasteiger charge is -2.22. The van der Waals surface area contributed by atoms with Crippen molar-refractivity contribution in [1.29, 1.82) is 0 Å². The van der Waals surface area contributed by atoms with Gasteiger partial charge < -0.3 is 4.42 Å². The summed E-state index contributed by atoms with van der Waals surface area (Å²) in [6, 6.07) is 1.48. The largest absolute Gasteiger partial charge is 0.413 e. The van der Waals surface area contributed by atoms with Gasteiger partial charge in [0.05, 0.1) is 29.2 Å². The summed E-state index contributed by atoms with van der Waals surface area (Å²) in [4.78, 5) is 8.50. The molecule has 13 heteroatoms. The van der Waals surface area contributed by atoms with E-state index in [9.17, 15) is 17.2 Å². The maximum atomic E-state index is 12.6. The minimum Gasteiger partial charge on any atom is -0.413 e. The molecule has 0 bridgehead atoms. The van der Waals surface area contributed by atoms with Gasteiger partial charge in [0.15, 0.2) is 5.01 Å². The van der Waals surface area contributed by atoms with Gasteiger partial charge in [0.1, 0.15) is 0 Å². The van der Waals surface area contributed by atoms with Gasteiger partial charge in [-0.3, -0.25) is 9.29 Å². The molecule has 0 saturated carbocycles. The van der Waals surface area contributed by atoms with Crippen molar-refractivity contribution >= 4 is 38.6 Å². The van der Waals surface area contributed by atoms with E-state index in [1.807, 2.05) is 0 Å². The Labute approximate surface area is 161 Å². The van der Waals surface area contributed by atoms with E-state index in [0.29, 0.717) is 15.6 Å². The second kappa shape index (κ2) is 7.82. The summed E-state index contributed by atoms with van der Waals surface area (Å²) in [5, 5.41) is 7.27. The minimum absolute atomic E-state index is 0.0360. The molecule has 0 fully saturated rings. The van der Waals surface area contributed by atoms with Crippen molar-refractivity contribution in [2.24, 2.45) is 0 Å². The number of hydrogen-bond donors (Lipinski definition) is 0. The molecule has 0 aliphatic carbocycles. The molecule has 0 aromatic carbocycles. The molecule has 27 heavy (non-hydrogen) atoms. The Balaban J connectivity index is 1.89. The van der Waals surface area contributed by atoms with E-state index in [4.69, 9.17) is 16.0 Å². The number of pyridine rings is 1. The average molecular weight is 436 g/mol. The molecule has 144 valence electrons. The molecule has 0 N–H and O–H groups in total. The highest BCUT2D eigenvalue weighted by Gasteiger charge is 2.24. The summed E-state index contributed by atoms with van der Waals surface area (Å²) >= 11 is 6.97. The first-order valence-corrected chi connectivity index (χ1v) is 10.3. The van der Waals surface area contributed by atoms with Crippen molar-refractivity contribution in [3.05, 3.63) is 40.4 Å². The Morgan fingerprint density at radius 1 is 1.30 bits per heavy atom. The van der Waals surface area contributed by atoms with Crippen molar-refractivity contribution in [2.75, 3.05) is 10.1 Å². The number of thiazole rings is 1. The summed E-state index contributed by atoms with van der Waals surface area (Å²) in [6.07, 6.45) is 1.31. The third kappa shape index (κ3) is 4.39. The zero-order valence-corrected chi connectivity index (χ0v) is 16.1. The Kier molecular flexibility index (Phi) is 5.67. The number of aromatic nitrogens is 4. The van der Waals surface area contributed by atoms with Gasteiger partial charge in [-0.05, 0) is 13.0 Å². The Bertz CT molecular complexity index is 1040. The molecule has 0 saturated heterocycles. The van der Waals surface area contributed by atoms with E-state index in [-0.39, 0.29) is 23.2 Å². The van der Waals surface area contributed by atoms with Crippen molar-refractivity contribution in [2.45, 2.75) is 19.9 Å². The molecule has 8 nitrogen and oxygen atoms in total. The highest BCUT2D eigenvalue weighted by molar-refractivity contribution is 7.92. The van der Waals surface area contributed by atoms with Crippen LogP contribution in [0.2, 0.25) is 5.02 Å². The van der Waals surface area contributed by atoms with Gasteiger partial charge in [0.2, 0.25) is 10.0 Å². The molecule has 0 aliphatic heterocycles. The number of halogens is 3. The smallest absolute Gasteiger partial charge is 0.314 e. The molecule has 3 rings (SSSR count). The Morgan fingerprint density at radius 3 is 2.70 bits per heavy atom. The SMILES string of the molecule is CCS(=O)(=O)N(Cc1cnc(-c2nnc(C(F)F)o2)s1)c1cncc(Cl)c1. The average Bonchev–Trinajstić information content (AvgIpc) is 3.28. The van der Waals surface area contributed by atoms with Crippen LogP contribution in [0.1, 0.15) is 24.1 Å². The summed E-state index contributed by atoms with van der Waals surface area (Å²) < 4.78 is 56.1. The van der Waals surface area contributed by atoms with Crippen molar-refractivity contribution in [3.8, 4) is 10.9 Å². The van der Waals surface area contributed by atoms with Crippen LogP contribution in [0.25, 0.3) is 10.9 Å². The van der Waals surface area contributed by atoms with E-state index < -0.39 is 22.3 Å². The maximum absolute atomic E-state index is 12.6. The zero-order valence-electron chi connectivity index (χ0n) is 13.7. The van der Waals surface area contributed by atoms with Crippen LogP contribution in [0.15, 0.2) is 29.1 Å². The van der Waals surface area contributed by atoms with E-state index in [1.54, 1.807) is 0 Å². The van der Waals surface area contributed by atoms with Crippen molar-refractivity contribution < 1.29 is 21.6 Å². The summed E-state index contributed by atoms with van der Waals surface area (Å²) in [6.45, 7) is 1.48. The summed E-state index contributed by atoms with van der Waals surface area (Å²) in [5.41, 5.74) is 0.303. The lowest BCUT2D eigenvalue weighted by Crippen LogP contribution is -2.31. The second-order valence-corrected chi connectivity index (χ2v) is 8.88. The molecule has 3 aromatic rings. The van der Waals surface area contributed by atoms with Gasteiger partial charge in [-0.25, -0.2) is 13.4 Å². The van der Waals surface area contributed by atoms with Crippen LogP contribution >= 0.6 is 22.9 Å². The molecule has 0 aliphatic rings. The number of anilines is 1. The van der Waals surface area contributed by atoms with E-state index in [0.717, 1.165) is 15.6 Å². The third-order valence-corrected chi connectivity index (χ3v) is 6.26. The molecule has 0 amide bonds. The van der Waals surface area contributed by atoms with Crippen LogP contribution in [0.5, 0.6) is 0 Å². The molecular weight excluding hydrogens is 424 g/mol. The number of alkyl halides is 2. The fraction of sp³-hybridized carbons (Fsp3) is 0.286. The second-order valence-electron chi connectivity index (χ2n) is 5.15. The molecular formula is C14H12ClF2N5O3S2. The van der Waals surface area contributed by atoms with Gasteiger partial charge in [0, 0.05) is 17.3 Å². The quantitative estimate of drug-likeness (QED) is 0.559. The predicted molar refractivity (Wildman–Crippen MR) is 95.3 cm³/mol. The van der Waals surface area contributed by atoms with Crippen LogP contribution < -0.4 is 4.31 Å². The topological polar surface area (TPSA) is 102 Å². The summed E-state index contributed by atoms with van der Waals surface area (Å²) in [5.74, 6) is -1.09. The predicted octanol–water partition coefficient (Wildman–Crippen LogP) is 3.54. The van der Waals surface area contributed by atoms with Crippen molar-refractivity contribution in [3.63, 3.8) is 0 Å². The van der Waals surface area contributed by atoms with Crippen LogP contribution in [0, 0.1) is 0 Å². The number of rotatable bonds is 7. The lowest BCUT2D eigenvalue weighted by atomic mass is 10.4. The number of hydrogen-bond acceptors (Lipinski definition) is 8. The highest BCUT2D eigenvalue weighted by Crippen LogP contribution is 2.30. The summed E-state index contributed by atoms with van der Waals surface area (Å²) in [7, 11) is -3.63. The Hall–Kier alpha value is -2.18. The normalized spacial score (nSPS) is 11.9. The fourth-order valence-corrected chi connectivity index (χ4v) is 4.21.